The second-order valence-electron chi connectivity index (χ2n) is 5.32. The summed E-state index contributed by atoms with van der Waals surface area (Å²) < 4.78 is 0. The standard InChI is InChI=1S/C15H19N3S/c1-9-7-19-8-14(9)15-17-10(2)13(11(3)18-15)6-16-12-4-5-12/h7-8,12,16H,4-6H2,1-3H3. The molecule has 1 saturated carbocycles. The predicted molar refractivity (Wildman–Crippen MR) is 79.4 cm³/mol. The van der Waals surface area contributed by atoms with Gasteiger partial charge in [0.05, 0.1) is 0 Å². The third-order valence-corrected chi connectivity index (χ3v) is 4.52. The summed E-state index contributed by atoms with van der Waals surface area (Å²) in [5, 5.41) is 7.82. The van der Waals surface area contributed by atoms with Gasteiger partial charge in [0.15, 0.2) is 5.82 Å². The van der Waals surface area contributed by atoms with E-state index in [1.807, 2.05) is 0 Å². The van der Waals surface area contributed by atoms with Crippen LogP contribution in [0.15, 0.2) is 10.8 Å². The Bertz CT molecular complexity index is 576. The van der Waals surface area contributed by atoms with Crippen molar-refractivity contribution in [2.24, 2.45) is 0 Å². The van der Waals surface area contributed by atoms with Crippen LogP contribution in [0, 0.1) is 20.8 Å². The summed E-state index contributed by atoms with van der Waals surface area (Å²) in [6, 6.07) is 0.720. The van der Waals surface area contributed by atoms with Gasteiger partial charge in [-0.1, -0.05) is 0 Å². The molecule has 1 aliphatic rings. The first-order valence-electron chi connectivity index (χ1n) is 6.76. The van der Waals surface area contributed by atoms with Gasteiger partial charge in [0.2, 0.25) is 0 Å². The largest absolute Gasteiger partial charge is 0.310 e. The van der Waals surface area contributed by atoms with Crippen LogP contribution in [0.3, 0.4) is 0 Å². The van der Waals surface area contributed by atoms with E-state index in [4.69, 9.17) is 9.97 Å². The summed E-state index contributed by atoms with van der Waals surface area (Å²) in [4.78, 5) is 9.38. The zero-order chi connectivity index (χ0) is 13.4. The molecule has 100 valence electrons. The molecule has 2 aromatic heterocycles. The molecule has 3 nitrogen and oxygen atoms in total. The average molecular weight is 273 g/mol. The fourth-order valence-electron chi connectivity index (χ4n) is 2.24. The molecule has 0 spiro atoms. The molecule has 0 amide bonds. The van der Waals surface area contributed by atoms with E-state index in [2.05, 4.69) is 36.8 Å². The number of aromatic nitrogens is 2. The molecule has 0 aromatic carbocycles. The number of thiophene rings is 1. The Morgan fingerprint density at radius 2 is 1.84 bits per heavy atom. The zero-order valence-corrected chi connectivity index (χ0v) is 12.5. The summed E-state index contributed by atoms with van der Waals surface area (Å²) in [6.45, 7) is 7.18. The Morgan fingerprint density at radius 3 is 2.37 bits per heavy atom. The first-order valence-corrected chi connectivity index (χ1v) is 7.70. The van der Waals surface area contributed by atoms with Crippen LogP contribution in [0.1, 0.15) is 35.4 Å². The van der Waals surface area contributed by atoms with Gasteiger partial charge in [0, 0.05) is 40.5 Å². The molecule has 0 saturated heterocycles. The lowest BCUT2D eigenvalue weighted by Gasteiger charge is -2.11. The van der Waals surface area contributed by atoms with Gasteiger partial charge in [-0.2, -0.15) is 11.3 Å². The monoisotopic (exact) mass is 273 g/mol. The predicted octanol–water partition coefficient (Wildman–Crippen LogP) is 3.38. The fourth-order valence-corrected chi connectivity index (χ4v) is 3.07. The molecule has 2 heterocycles. The van der Waals surface area contributed by atoms with Crippen LogP contribution in [0.4, 0.5) is 0 Å². The van der Waals surface area contributed by atoms with Crippen LogP contribution < -0.4 is 5.32 Å². The first-order chi connectivity index (χ1) is 9.15. The SMILES string of the molecule is Cc1cscc1-c1nc(C)c(CNC2CC2)c(C)n1. The van der Waals surface area contributed by atoms with Crippen LogP contribution in [0.25, 0.3) is 11.4 Å². The third kappa shape index (κ3) is 2.69. The maximum atomic E-state index is 4.69. The maximum absolute atomic E-state index is 4.69. The normalized spacial score (nSPS) is 14.9. The molecule has 3 rings (SSSR count). The van der Waals surface area contributed by atoms with Crippen molar-refractivity contribution in [3.63, 3.8) is 0 Å². The van der Waals surface area contributed by atoms with Gasteiger partial charge in [-0.15, -0.1) is 0 Å². The number of aryl methyl sites for hydroxylation is 3. The van der Waals surface area contributed by atoms with E-state index in [9.17, 15) is 0 Å². The molecular weight excluding hydrogens is 254 g/mol. The Labute approximate surface area is 118 Å². The van der Waals surface area contributed by atoms with Gasteiger partial charge < -0.3 is 5.32 Å². The number of hydrogen-bond acceptors (Lipinski definition) is 4. The van der Waals surface area contributed by atoms with Crippen LogP contribution in [-0.2, 0) is 6.54 Å². The average Bonchev–Trinajstić information content (AvgIpc) is 3.09. The van der Waals surface area contributed by atoms with Gasteiger partial charge in [0.1, 0.15) is 0 Å². The van der Waals surface area contributed by atoms with E-state index in [-0.39, 0.29) is 0 Å². The molecule has 0 bridgehead atoms. The summed E-state index contributed by atoms with van der Waals surface area (Å²) >= 11 is 1.71. The number of nitrogens with one attached hydrogen (secondary N) is 1. The van der Waals surface area contributed by atoms with Crippen molar-refractivity contribution in [3.05, 3.63) is 33.3 Å². The summed E-state index contributed by atoms with van der Waals surface area (Å²) in [5.74, 6) is 0.865. The van der Waals surface area contributed by atoms with Crippen LogP contribution in [-0.4, -0.2) is 16.0 Å². The highest BCUT2D eigenvalue weighted by Gasteiger charge is 2.21. The highest BCUT2D eigenvalue weighted by Crippen LogP contribution is 2.26. The highest BCUT2D eigenvalue weighted by molar-refractivity contribution is 7.08. The lowest BCUT2D eigenvalue weighted by molar-refractivity contribution is 0.675. The topological polar surface area (TPSA) is 37.8 Å². The summed E-state index contributed by atoms with van der Waals surface area (Å²) in [6.07, 6.45) is 2.62. The van der Waals surface area contributed by atoms with E-state index in [0.717, 1.165) is 35.4 Å². The zero-order valence-electron chi connectivity index (χ0n) is 11.7. The molecule has 0 radical (unpaired) electrons. The van der Waals surface area contributed by atoms with E-state index in [0.29, 0.717) is 0 Å². The molecule has 2 aromatic rings. The maximum Gasteiger partial charge on any atom is 0.160 e. The first kappa shape index (κ1) is 12.8. The minimum absolute atomic E-state index is 0.720. The van der Waals surface area contributed by atoms with Crippen molar-refractivity contribution in [2.75, 3.05) is 0 Å². The lowest BCUT2D eigenvalue weighted by atomic mass is 10.1. The Balaban J connectivity index is 1.90. The Hall–Kier alpha value is -1.26. The van der Waals surface area contributed by atoms with Crippen molar-refractivity contribution in [1.82, 2.24) is 15.3 Å². The Kier molecular flexibility index (Phi) is 3.37. The van der Waals surface area contributed by atoms with Crippen molar-refractivity contribution in [1.29, 1.82) is 0 Å². The molecule has 0 unspecified atom stereocenters. The molecular formula is C15H19N3S. The van der Waals surface area contributed by atoms with E-state index in [1.54, 1.807) is 11.3 Å². The minimum atomic E-state index is 0.720. The number of nitrogens with zero attached hydrogens (tertiary/aromatic N) is 2. The van der Waals surface area contributed by atoms with Crippen molar-refractivity contribution in [2.45, 2.75) is 46.2 Å². The molecule has 4 heteroatoms. The van der Waals surface area contributed by atoms with Crippen LogP contribution in [0.2, 0.25) is 0 Å². The molecule has 1 fully saturated rings. The smallest absolute Gasteiger partial charge is 0.160 e. The highest BCUT2D eigenvalue weighted by atomic mass is 32.1. The summed E-state index contributed by atoms with van der Waals surface area (Å²) in [7, 11) is 0. The van der Waals surface area contributed by atoms with E-state index >= 15 is 0 Å². The molecule has 1 aliphatic carbocycles. The second-order valence-corrected chi connectivity index (χ2v) is 6.06. The van der Waals surface area contributed by atoms with Crippen molar-refractivity contribution < 1.29 is 0 Å². The molecule has 1 N–H and O–H groups in total. The lowest BCUT2D eigenvalue weighted by Crippen LogP contribution is -2.18. The summed E-state index contributed by atoms with van der Waals surface area (Å²) in [5.41, 5.74) is 5.87. The van der Waals surface area contributed by atoms with Gasteiger partial charge in [-0.25, -0.2) is 9.97 Å². The Morgan fingerprint density at radius 1 is 1.16 bits per heavy atom. The number of hydrogen-bond donors (Lipinski definition) is 1. The second kappa shape index (κ2) is 5.02. The van der Waals surface area contributed by atoms with Crippen molar-refractivity contribution >= 4 is 11.3 Å². The van der Waals surface area contributed by atoms with Gasteiger partial charge in [-0.05, 0) is 44.6 Å². The van der Waals surface area contributed by atoms with Gasteiger partial charge in [0.25, 0.3) is 0 Å². The molecule has 0 atom stereocenters. The van der Waals surface area contributed by atoms with E-state index < -0.39 is 0 Å². The van der Waals surface area contributed by atoms with Gasteiger partial charge in [-0.3, -0.25) is 0 Å². The quantitative estimate of drug-likeness (QED) is 0.928. The third-order valence-electron chi connectivity index (χ3n) is 3.66. The fraction of sp³-hybridized carbons (Fsp3) is 0.467. The van der Waals surface area contributed by atoms with Crippen LogP contribution in [0.5, 0.6) is 0 Å². The molecule has 0 aliphatic heterocycles. The van der Waals surface area contributed by atoms with Crippen molar-refractivity contribution in [3.8, 4) is 11.4 Å². The van der Waals surface area contributed by atoms with Crippen LogP contribution >= 0.6 is 11.3 Å². The van der Waals surface area contributed by atoms with E-state index in [1.165, 1.54) is 24.0 Å². The number of rotatable bonds is 4. The minimum Gasteiger partial charge on any atom is -0.310 e. The molecule has 19 heavy (non-hydrogen) atoms. The van der Waals surface area contributed by atoms with Gasteiger partial charge >= 0.3 is 0 Å².